The molecule has 2 atom stereocenters. The van der Waals surface area contributed by atoms with Gasteiger partial charge in [0.2, 0.25) is 0 Å². The normalized spacial score (nSPS) is 21.6. The molecule has 1 heterocycles. The lowest BCUT2D eigenvalue weighted by Crippen LogP contribution is -2.52. The summed E-state index contributed by atoms with van der Waals surface area (Å²) in [4.78, 5) is 16.4. The molecular formula is C17H23ClFN5O3. The minimum Gasteiger partial charge on any atom is -0.394 e. The number of nitrogens with zero attached hydrogens (tertiary/aromatic N) is 2. The quantitative estimate of drug-likeness (QED) is 0.179. The summed E-state index contributed by atoms with van der Waals surface area (Å²) in [5.41, 5.74) is 11.3. The lowest BCUT2D eigenvalue weighted by molar-refractivity contribution is -0.134. The minimum absolute atomic E-state index is 0.0574. The van der Waals surface area contributed by atoms with Crippen LogP contribution in [0.15, 0.2) is 40.7 Å². The van der Waals surface area contributed by atoms with E-state index in [4.69, 9.17) is 33.6 Å². The summed E-state index contributed by atoms with van der Waals surface area (Å²) in [5, 5.41) is 9.94. The average molecular weight is 400 g/mol. The van der Waals surface area contributed by atoms with Crippen LogP contribution < -0.4 is 17.3 Å². The maximum absolute atomic E-state index is 13.6. The van der Waals surface area contributed by atoms with E-state index < -0.39 is 17.8 Å². The van der Waals surface area contributed by atoms with E-state index in [2.05, 4.69) is 4.99 Å². The number of carbonyl (C=O) groups excluding carboxylic acids is 1. The number of nitrogens with two attached hydrogens (primary N) is 3. The van der Waals surface area contributed by atoms with Crippen LogP contribution in [0.3, 0.4) is 0 Å². The van der Waals surface area contributed by atoms with Crippen molar-refractivity contribution >= 4 is 22.7 Å². The van der Waals surface area contributed by atoms with Gasteiger partial charge in [-0.2, -0.15) is 0 Å². The van der Waals surface area contributed by atoms with Crippen molar-refractivity contribution in [2.45, 2.75) is 31.5 Å². The van der Waals surface area contributed by atoms with Crippen LogP contribution in [-0.2, 0) is 16.1 Å². The van der Waals surface area contributed by atoms with Gasteiger partial charge in [0.25, 0.3) is 5.91 Å². The summed E-state index contributed by atoms with van der Waals surface area (Å²) in [5.74, 6) is 4.74. The average Bonchev–Trinajstić information content (AvgIpc) is 2.70. The first-order valence-corrected chi connectivity index (χ1v) is 8.72. The van der Waals surface area contributed by atoms with E-state index in [0.29, 0.717) is 25.0 Å². The van der Waals surface area contributed by atoms with Crippen molar-refractivity contribution in [3.63, 3.8) is 0 Å². The first-order chi connectivity index (χ1) is 12.8. The number of halogens is 2. The Morgan fingerprint density at radius 3 is 2.74 bits per heavy atom. The number of ether oxygens (including phenoxy) is 1. The molecule has 1 saturated heterocycles. The first-order valence-electron chi connectivity index (χ1n) is 8.34. The summed E-state index contributed by atoms with van der Waals surface area (Å²) in [6.45, 7) is 0.138. The third-order valence-electron chi connectivity index (χ3n) is 4.26. The number of aliphatic imine (C=N–C) groups is 1. The molecule has 1 aliphatic rings. The summed E-state index contributed by atoms with van der Waals surface area (Å²) in [6, 6.07) is 5.72. The molecule has 27 heavy (non-hydrogen) atoms. The van der Waals surface area contributed by atoms with Crippen LogP contribution in [0.25, 0.3) is 0 Å². The van der Waals surface area contributed by atoms with Crippen LogP contribution in [0.1, 0.15) is 18.4 Å². The molecule has 2 unspecified atom stereocenters. The van der Waals surface area contributed by atoms with Crippen LogP contribution in [-0.4, -0.2) is 46.6 Å². The molecule has 0 aliphatic carbocycles. The fourth-order valence-corrected chi connectivity index (χ4v) is 2.80. The standard InChI is InChI=1S/C17H23ClFN5O3/c18-16(23-8-10-3-1-2-4-13(10)19)14(20)15(21)17(26)24(22)11-5-6-27-12(7-11)9-25/h1-4,11-12,25H,5-9,20-22H2/b15-14+,23-16?. The summed E-state index contributed by atoms with van der Waals surface area (Å²) in [6.07, 6.45) is 0.485. The van der Waals surface area contributed by atoms with E-state index in [9.17, 15) is 14.3 Å². The molecule has 0 bridgehead atoms. The Labute approximate surface area is 161 Å². The summed E-state index contributed by atoms with van der Waals surface area (Å²) < 4.78 is 18.9. The molecule has 10 heteroatoms. The van der Waals surface area contributed by atoms with Gasteiger partial charge in [-0.1, -0.05) is 29.8 Å². The van der Waals surface area contributed by atoms with Crippen molar-refractivity contribution in [3.05, 3.63) is 47.0 Å². The minimum atomic E-state index is -0.713. The number of amides is 1. The monoisotopic (exact) mass is 399 g/mol. The Hall–Kier alpha value is -2.20. The lowest BCUT2D eigenvalue weighted by Gasteiger charge is -2.34. The molecule has 2 rings (SSSR count). The SMILES string of the molecule is N/C(C(=O)N(N)C1CCOC(CO)C1)=C(/N)C(Cl)=NCc1ccccc1F. The maximum Gasteiger partial charge on any atom is 0.286 e. The first kappa shape index (κ1) is 21.1. The highest BCUT2D eigenvalue weighted by molar-refractivity contribution is 6.69. The number of allylic oxidation sites excluding steroid dienone is 1. The molecule has 1 amide bonds. The number of aliphatic hydroxyl groups is 1. The predicted octanol–water partition coefficient (Wildman–Crippen LogP) is 0.334. The largest absolute Gasteiger partial charge is 0.394 e. The van der Waals surface area contributed by atoms with Gasteiger partial charge in [-0.25, -0.2) is 10.2 Å². The van der Waals surface area contributed by atoms with Gasteiger partial charge < -0.3 is 21.3 Å². The Balaban J connectivity index is 2.08. The highest BCUT2D eigenvalue weighted by atomic mass is 35.5. The molecule has 0 saturated carbocycles. The van der Waals surface area contributed by atoms with Crippen LogP contribution >= 0.6 is 11.6 Å². The third-order valence-corrected chi connectivity index (χ3v) is 4.58. The zero-order valence-corrected chi connectivity index (χ0v) is 15.4. The molecule has 1 aromatic rings. The molecule has 0 radical (unpaired) electrons. The Morgan fingerprint density at radius 1 is 1.37 bits per heavy atom. The number of aliphatic hydroxyl groups excluding tert-OH is 1. The molecule has 0 spiro atoms. The summed E-state index contributed by atoms with van der Waals surface area (Å²) >= 11 is 6.01. The number of rotatable bonds is 6. The molecular weight excluding hydrogens is 377 g/mol. The second kappa shape index (κ2) is 9.65. The van der Waals surface area contributed by atoms with E-state index >= 15 is 0 Å². The second-order valence-electron chi connectivity index (χ2n) is 6.09. The van der Waals surface area contributed by atoms with Crippen LogP contribution in [0.2, 0.25) is 0 Å². The van der Waals surface area contributed by atoms with Crippen molar-refractivity contribution in [2.75, 3.05) is 13.2 Å². The Kier molecular flexibility index (Phi) is 7.55. The van der Waals surface area contributed by atoms with Crippen molar-refractivity contribution in [2.24, 2.45) is 22.3 Å². The van der Waals surface area contributed by atoms with E-state index in [1.165, 1.54) is 6.07 Å². The fraction of sp³-hybridized carbons (Fsp3) is 0.412. The smallest absolute Gasteiger partial charge is 0.286 e. The summed E-state index contributed by atoms with van der Waals surface area (Å²) in [7, 11) is 0. The van der Waals surface area contributed by atoms with Crippen LogP contribution in [0.5, 0.6) is 0 Å². The lowest BCUT2D eigenvalue weighted by atomic mass is 10.0. The van der Waals surface area contributed by atoms with Crippen LogP contribution in [0, 0.1) is 5.82 Å². The second-order valence-corrected chi connectivity index (χ2v) is 6.45. The Bertz CT molecular complexity index is 743. The van der Waals surface area contributed by atoms with E-state index in [1.54, 1.807) is 18.2 Å². The molecule has 7 N–H and O–H groups in total. The zero-order chi connectivity index (χ0) is 20.0. The van der Waals surface area contributed by atoms with Crippen molar-refractivity contribution in [3.8, 4) is 0 Å². The number of benzene rings is 1. The molecule has 1 fully saturated rings. The van der Waals surface area contributed by atoms with Gasteiger partial charge in [0.15, 0.2) is 0 Å². The molecule has 8 nitrogen and oxygen atoms in total. The third kappa shape index (κ3) is 5.39. The highest BCUT2D eigenvalue weighted by Gasteiger charge is 2.30. The van der Waals surface area contributed by atoms with E-state index in [1.807, 2.05) is 0 Å². The predicted molar refractivity (Wildman–Crippen MR) is 99.7 cm³/mol. The van der Waals surface area contributed by atoms with Gasteiger partial charge in [0.05, 0.1) is 31.0 Å². The highest BCUT2D eigenvalue weighted by Crippen LogP contribution is 2.18. The molecule has 148 valence electrons. The zero-order valence-electron chi connectivity index (χ0n) is 14.6. The maximum atomic E-state index is 13.6. The van der Waals surface area contributed by atoms with E-state index in [0.717, 1.165) is 5.01 Å². The van der Waals surface area contributed by atoms with Crippen molar-refractivity contribution in [1.29, 1.82) is 0 Å². The topological polar surface area (TPSA) is 140 Å². The number of hydrogen-bond acceptors (Lipinski definition) is 7. The van der Waals surface area contributed by atoms with E-state index in [-0.39, 0.29) is 35.8 Å². The van der Waals surface area contributed by atoms with Gasteiger partial charge in [-0.05, 0) is 18.9 Å². The van der Waals surface area contributed by atoms with Crippen molar-refractivity contribution < 1.29 is 19.0 Å². The molecule has 0 aromatic heterocycles. The van der Waals surface area contributed by atoms with Gasteiger partial charge >= 0.3 is 0 Å². The number of carbonyl (C=O) groups is 1. The number of hydrazine groups is 1. The fourth-order valence-electron chi connectivity index (χ4n) is 2.64. The van der Waals surface area contributed by atoms with Gasteiger partial charge in [-0.3, -0.25) is 14.8 Å². The molecule has 1 aliphatic heterocycles. The Morgan fingerprint density at radius 2 is 2.07 bits per heavy atom. The molecule has 1 aromatic carbocycles. The van der Waals surface area contributed by atoms with Gasteiger partial charge in [0, 0.05) is 12.2 Å². The van der Waals surface area contributed by atoms with Gasteiger partial charge in [-0.15, -0.1) is 0 Å². The number of hydrogen-bond donors (Lipinski definition) is 4. The van der Waals surface area contributed by atoms with Gasteiger partial charge in [0.1, 0.15) is 16.7 Å². The van der Waals surface area contributed by atoms with Crippen molar-refractivity contribution in [1.82, 2.24) is 5.01 Å². The van der Waals surface area contributed by atoms with Crippen LogP contribution in [0.4, 0.5) is 4.39 Å².